The maximum Gasteiger partial charge on any atom is 0.0798 e. The standard InChI is InChI=1S/C10H16N2OS/c1-8-10(14-7-11-8)5-12-4-2-3-9(12)6-13/h7,9,13H,2-6H2,1H3/t9-/m0/s1. The van der Waals surface area contributed by atoms with Gasteiger partial charge in [0.15, 0.2) is 0 Å². The van der Waals surface area contributed by atoms with Crippen molar-refractivity contribution in [1.82, 2.24) is 9.88 Å². The Morgan fingerprint density at radius 2 is 2.57 bits per heavy atom. The van der Waals surface area contributed by atoms with Gasteiger partial charge in [0.2, 0.25) is 0 Å². The number of rotatable bonds is 3. The maximum atomic E-state index is 9.18. The van der Waals surface area contributed by atoms with Gasteiger partial charge in [0.1, 0.15) is 0 Å². The highest BCUT2D eigenvalue weighted by atomic mass is 32.1. The zero-order valence-corrected chi connectivity index (χ0v) is 9.26. The van der Waals surface area contributed by atoms with Crippen LogP contribution in [0.3, 0.4) is 0 Å². The van der Waals surface area contributed by atoms with Crippen LogP contribution in [-0.2, 0) is 6.54 Å². The predicted molar refractivity (Wildman–Crippen MR) is 57.4 cm³/mol. The van der Waals surface area contributed by atoms with E-state index in [1.165, 1.54) is 11.3 Å². The highest BCUT2D eigenvalue weighted by Crippen LogP contribution is 2.22. The molecule has 14 heavy (non-hydrogen) atoms. The summed E-state index contributed by atoms with van der Waals surface area (Å²) in [5, 5.41) is 9.18. The smallest absolute Gasteiger partial charge is 0.0798 e. The molecule has 1 aliphatic rings. The molecule has 0 aromatic carbocycles. The third kappa shape index (κ3) is 1.97. The van der Waals surface area contributed by atoms with E-state index < -0.39 is 0 Å². The van der Waals surface area contributed by atoms with E-state index in [1.54, 1.807) is 11.3 Å². The number of aryl methyl sites for hydroxylation is 1. The Bertz CT molecular complexity index is 300. The second kappa shape index (κ2) is 4.38. The number of thiazole rings is 1. The summed E-state index contributed by atoms with van der Waals surface area (Å²) in [6.45, 7) is 4.41. The lowest BCUT2D eigenvalue weighted by Crippen LogP contribution is -2.31. The molecule has 1 aromatic rings. The SMILES string of the molecule is Cc1ncsc1CN1CCC[C@H]1CO. The van der Waals surface area contributed by atoms with E-state index in [9.17, 15) is 5.11 Å². The molecule has 0 spiro atoms. The maximum absolute atomic E-state index is 9.18. The Morgan fingerprint density at radius 3 is 3.21 bits per heavy atom. The van der Waals surface area contributed by atoms with E-state index >= 15 is 0 Å². The van der Waals surface area contributed by atoms with E-state index in [4.69, 9.17) is 0 Å². The predicted octanol–water partition coefficient (Wildman–Crippen LogP) is 1.41. The van der Waals surface area contributed by atoms with Gasteiger partial charge in [-0.2, -0.15) is 0 Å². The second-order valence-electron chi connectivity index (χ2n) is 3.81. The molecule has 0 radical (unpaired) electrons. The lowest BCUT2D eigenvalue weighted by molar-refractivity contribution is 0.154. The van der Waals surface area contributed by atoms with Crippen LogP contribution in [0.25, 0.3) is 0 Å². The molecule has 0 bridgehead atoms. The number of likely N-dealkylation sites (tertiary alicyclic amines) is 1. The first-order chi connectivity index (χ1) is 6.81. The number of aliphatic hydroxyl groups excluding tert-OH is 1. The average molecular weight is 212 g/mol. The van der Waals surface area contributed by atoms with Crippen molar-refractivity contribution < 1.29 is 5.11 Å². The van der Waals surface area contributed by atoms with Crippen LogP contribution in [-0.4, -0.2) is 34.2 Å². The number of hydrogen-bond acceptors (Lipinski definition) is 4. The molecule has 3 nitrogen and oxygen atoms in total. The van der Waals surface area contributed by atoms with Crippen LogP contribution >= 0.6 is 11.3 Å². The van der Waals surface area contributed by atoms with Gasteiger partial charge in [-0.15, -0.1) is 11.3 Å². The fourth-order valence-electron chi connectivity index (χ4n) is 1.97. The minimum atomic E-state index is 0.290. The van der Waals surface area contributed by atoms with Crippen molar-refractivity contribution in [3.63, 3.8) is 0 Å². The minimum Gasteiger partial charge on any atom is -0.395 e. The van der Waals surface area contributed by atoms with Gasteiger partial charge in [-0.1, -0.05) is 0 Å². The first-order valence-electron chi connectivity index (χ1n) is 5.05. The second-order valence-corrected chi connectivity index (χ2v) is 4.75. The summed E-state index contributed by atoms with van der Waals surface area (Å²) in [5.74, 6) is 0. The van der Waals surface area contributed by atoms with Gasteiger partial charge >= 0.3 is 0 Å². The molecule has 0 aliphatic carbocycles. The largest absolute Gasteiger partial charge is 0.395 e. The summed E-state index contributed by atoms with van der Waals surface area (Å²) >= 11 is 1.71. The quantitative estimate of drug-likeness (QED) is 0.823. The Balaban J connectivity index is 2.00. The summed E-state index contributed by atoms with van der Waals surface area (Å²) in [5.41, 5.74) is 3.04. The Morgan fingerprint density at radius 1 is 1.71 bits per heavy atom. The van der Waals surface area contributed by atoms with Crippen LogP contribution in [0.2, 0.25) is 0 Å². The van der Waals surface area contributed by atoms with Crippen LogP contribution in [0.4, 0.5) is 0 Å². The lowest BCUT2D eigenvalue weighted by atomic mass is 10.2. The Kier molecular flexibility index (Phi) is 3.15. The normalized spacial score (nSPS) is 23.1. The third-order valence-electron chi connectivity index (χ3n) is 2.90. The van der Waals surface area contributed by atoms with Crippen molar-refractivity contribution in [3.05, 3.63) is 16.1 Å². The van der Waals surface area contributed by atoms with Crippen molar-refractivity contribution in [2.75, 3.05) is 13.2 Å². The van der Waals surface area contributed by atoms with Crippen LogP contribution in [0.5, 0.6) is 0 Å². The van der Waals surface area contributed by atoms with Crippen molar-refractivity contribution in [1.29, 1.82) is 0 Å². The van der Waals surface area contributed by atoms with E-state index in [2.05, 4.69) is 16.8 Å². The van der Waals surface area contributed by atoms with Crippen LogP contribution in [0.15, 0.2) is 5.51 Å². The van der Waals surface area contributed by atoms with Crippen molar-refractivity contribution in [3.8, 4) is 0 Å². The van der Waals surface area contributed by atoms with Crippen molar-refractivity contribution >= 4 is 11.3 Å². The van der Waals surface area contributed by atoms with Crippen LogP contribution < -0.4 is 0 Å². The first-order valence-corrected chi connectivity index (χ1v) is 5.93. The topological polar surface area (TPSA) is 36.4 Å². The molecule has 1 saturated heterocycles. The molecule has 2 heterocycles. The molecule has 1 N–H and O–H groups in total. The van der Waals surface area contributed by atoms with E-state index in [0.717, 1.165) is 25.2 Å². The highest BCUT2D eigenvalue weighted by Gasteiger charge is 2.24. The molecule has 1 aromatic heterocycles. The fraction of sp³-hybridized carbons (Fsp3) is 0.700. The van der Waals surface area contributed by atoms with Crippen LogP contribution in [0, 0.1) is 6.92 Å². The van der Waals surface area contributed by atoms with Gasteiger partial charge in [-0.05, 0) is 26.3 Å². The summed E-state index contributed by atoms with van der Waals surface area (Å²) in [6, 6.07) is 0.372. The molecule has 0 amide bonds. The van der Waals surface area contributed by atoms with E-state index in [0.29, 0.717) is 6.04 Å². The van der Waals surface area contributed by atoms with Crippen molar-refractivity contribution in [2.45, 2.75) is 32.4 Å². The third-order valence-corrected chi connectivity index (χ3v) is 3.82. The van der Waals surface area contributed by atoms with Gasteiger partial charge in [0, 0.05) is 17.5 Å². The molecule has 2 rings (SSSR count). The van der Waals surface area contributed by atoms with E-state index in [1.807, 2.05) is 5.51 Å². The number of aromatic nitrogens is 1. The molecule has 1 fully saturated rings. The highest BCUT2D eigenvalue weighted by molar-refractivity contribution is 7.09. The van der Waals surface area contributed by atoms with Gasteiger partial charge in [-0.3, -0.25) is 4.90 Å². The summed E-state index contributed by atoms with van der Waals surface area (Å²) in [7, 11) is 0. The molecule has 1 atom stereocenters. The molecular weight excluding hydrogens is 196 g/mol. The molecule has 1 aliphatic heterocycles. The first kappa shape index (κ1) is 10.1. The zero-order chi connectivity index (χ0) is 9.97. The zero-order valence-electron chi connectivity index (χ0n) is 8.44. The molecule has 78 valence electrons. The molecule has 0 unspecified atom stereocenters. The fourth-order valence-corrected chi connectivity index (χ4v) is 2.77. The lowest BCUT2D eigenvalue weighted by Gasteiger charge is -2.21. The minimum absolute atomic E-state index is 0.290. The van der Waals surface area contributed by atoms with Gasteiger partial charge < -0.3 is 5.11 Å². The summed E-state index contributed by atoms with van der Waals surface area (Å²) in [6.07, 6.45) is 2.34. The number of hydrogen-bond donors (Lipinski definition) is 1. The number of aliphatic hydroxyl groups is 1. The Labute approximate surface area is 88.4 Å². The average Bonchev–Trinajstić information content (AvgIpc) is 2.77. The summed E-state index contributed by atoms with van der Waals surface area (Å²) in [4.78, 5) is 7.94. The Hall–Kier alpha value is -0.450. The van der Waals surface area contributed by atoms with Crippen molar-refractivity contribution in [2.24, 2.45) is 0 Å². The number of nitrogens with zero attached hydrogens (tertiary/aromatic N) is 2. The van der Waals surface area contributed by atoms with Gasteiger partial charge in [0.05, 0.1) is 17.8 Å². The van der Waals surface area contributed by atoms with Gasteiger partial charge in [0.25, 0.3) is 0 Å². The van der Waals surface area contributed by atoms with Crippen LogP contribution in [0.1, 0.15) is 23.4 Å². The summed E-state index contributed by atoms with van der Waals surface area (Å²) < 4.78 is 0. The van der Waals surface area contributed by atoms with Gasteiger partial charge in [-0.25, -0.2) is 4.98 Å². The molecule has 4 heteroatoms. The molecule has 0 saturated carbocycles. The monoisotopic (exact) mass is 212 g/mol. The van der Waals surface area contributed by atoms with E-state index in [-0.39, 0.29) is 6.61 Å². The molecular formula is C10H16N2OS.